The van der Waals surface area contributed by atoms with Crippen molar-refractivity contribution in [3.05, 3.63) is 47.5 Å². The molecule has 0 atom stereocenters. The lowest BCUT2D eigenvalue weighted by molar-refractivity contribution is 0.0990. The van der Waals surface area contributed by atoms with Crippen molar-refractivity contribution in [3.63, 3.8) is 0 Å². The standard InChI is InChI=1S/C22H24N8O4/c1-33-17-9-13-12-30(21(32)14(13)10-18(17)34-2)22-26-19(27-28-22)20(31)25-15-11-24-4-3-16(15)29-7-5-23-6-8-29/h3-4,9-11,23H,5-8,12H2,1-2H3,(H,25,31)(H,26,27,28). The molecule has 176 valence electrons. The van der Waals surface area contributed by atoms with Gasteiger partial charge in [0, 0.05) is 37.9 Å². The number of piperazine rings is 1. The van der Waals surface area contributed by atoms with Crippen LogP contribution in [0, 0.1) is 0 Å². The number of methoxy groups -OCH3 is 2. The third kappa shape index (κ3) is 3.88. The number of carbonyl (C=O) groups is 2. The van der Waals surface area contributed by atoms with Gasteiger partial charge in [-0.1, -0.05) is 0 Å². The zero-order chi connectivity index (χ0) is 23.7. The molecule has 0 spiro atoms. The number of aromatic nitrogens is 4. The minimum atomic E-state index is -0.476. The fourth-order valence-corrected chi connectivity index (χ4v) is 4.12. The van der Waals surface area contributed by atoms with Gasteiger partial charge in [0.2, 0.25) is 5.82 Å². The van der Waals surface area contributed by atoms with Gasteiger partial charge in [-0.15, -0.1) is 5.10 Å². The van der Waals surface area contributed by atoms with E-state index in [4.69, 9.17) is 9.47 Å². The van der Waals surface area contributed by atoms with Crippen LogP contribution in [0.4, 0.5) is 17.3 Å². The summed E-state index contributed by atoms with van der Waals surface area (Å²) in [5.41, 5.74) is 2.70. The smallest absolute Gasteiger partial charge is 0.293 e. The summed E-state index contributed by atoms with van der Waals surface area (Å²) in [5.74, 6) is 0.332. The number of rotatable bonds is 6. The van der Waals surface area contributed by atoms with E-state index in [1.54, 1.807) is 24.5 Å². The number of hydrogen-bond acceptors (Lipinski definition) is 9. The van der Waals surface area contributed by atoms with E-state index in [-0.39, 0.29) is 24.2 Å². The predicted molar refractivity (Wildman–Crippen MR) is 124 cm³/mol. The highest BCUT2D eigenvalue weighted by Gasteiger charge is 2.33. The molecule has 34 heavy (non-hydrogen) atoms. The van der Waals surface area contributed by atoms with Gasteiger partial charge >= 0.3 is 0 Å². The summed E-state index contributed by atoms with van der Waals surface area (Å²) in [5, 5.41) is 12.9. The number of carbonyl (C=O) groups excluding carboxylic acids is 2. The molecule has 3 N–H and O–H groups in total. The molecule has 1 saturated heterocycles. The number of nitrogens with one attached hydrogen (secondary N) is 3. The molecule has 12 heteroatoms. The molecule has 0 unspecified atom stereocenters. The van der Waals surface area contributed by atoms with Gasteiger partial charge in [0.1, 0.15) is 0 Å². The Kier molecular flexibility index (Phi) is 5.72. The molecule has 2 aliphatic rings. The number of fused-ring (bicyclic) bond motifs is 1. The molecule has 0 aliphatic carbocycles. The van der Waals surface area contributed by atoms with E-state index >= 15 is 0 Å². The minimum absolute atomic E-state index is 0.0102. The summed E-state index contributed by atoms with van der Waals surface area (Å²) in [6.45, 7) is 3.64. The Balaban J connectivity index is 1.34. The molecule has 2 aromatic heterocycles. The number of benzene rings is 1. The molecule has 0 bridgehead atoms. The summed E-state index contributed by atoms with van der Waals surface area (Å²) >= 11 is 0. The highest BCUT2D eigenvalue weighted by Crippen LogP contribution is 2.36. The van der Waals surface area contributed by atoms with Crippen molar-refractivity contribution >= 4 is 29.1 Å². The Bertz CT molecular complexity index is 1240. The van der Waals surface area contributed by atoms with Gasteiger partial charge in [0.15, 0.2) is 11.5 Å². The van der Waals surface area contributed by atoms with Crippen molar-refractivity contribution in [1.82, 2.24) is 25.5 Å². The van der Waals surface area contributed by atoms with Gasteiger partial charge in [-0.3, -0.25) is 24.6 Å². The van der Waals surface area contributed by atoms with Gasteiger partial charge in [-0.25, -0.2) is 0 Å². The molecule has 5 rings (SSSR count). The summed E-state index contributed by atoms with van der Waals surface area (Å²) in [7, 11) is 3.05. The first-order valence-corrected chi connectivity index (χ1v) is 10.8. The Morgan fingerprint density at radius 2 is 1.91 bits per heavy atom. The van der Waals surface area contributed by atoms with Crippen LogP contribution >= 0.6 is 0 Å². The fraction of sp³-hybridized carbons (Fsp3) is 0.318. The molecule has 12 nitrogen and oxygen atoms in total. The van der Waals surface area contributed by atoms with Crippen molar-refractivity contribution in [2.45, 2.75) is 6.54 Å². The largest absolute Gasteiger partial charge is 0.493 e. The molecule has 2 amide bonds. The van der Waals surface area contributed by atoms with Crippen LogP contribution in [0.15, 0.2) is 30.6 Å². The molecule has 1 aromatic carbocycles. The van der Waals surface area contributed by atoms with Gasteiger partial charge in [-0.05, 0) is 23.8 Å². The molecule has 1 fully saturated rings. The number of anilines is 3. The summed E-state index contributed by atoms with van der Waals surface area (Å²) in [4.78, 5) is 37.9. The Morgan fingerprint density at radius 3 is 2.68 bits per heavy atom. The van der Waals surface area contributed by atoms with E-state index in [1.165, 1.54) is 19.1 Å². The lowest BCUT2D eigenvalue weighted by Gasteiger charge is -2.30. The molecule has 4 heterocycles. The topological polar surface area (TPSA) is 138 Å². The molecular weight excluding hydrogens is 440 g/mol. The highest BCUT2D eigenvalue weighted by molar-refractivity contribution is 6.10. The lowest BCUT2D eigenvalue weighted by Crippen LogP contribution is -2.43. The summed E-state index contributed by atoms with van der Waals surface area (Å²) in [6, 6.07) is 5.26. The fourth-order valence-electron chi connectivity index (χ4n) is 4.12. The van der Waals surface area contributed by atoms with Crippen LogP contribution in [0.1, 0.15) is 26.5 Å². The first-order valence-electron chi connectivity index (χ1n) is 10.8. The van der Waals surface area contributed by atoms with Crippen LogP contribution in [0.25, 0.3) is 0 Å². The van der Waals surface area contributed by atoms with Crippen molar-refractivity contribution in [2.24, 2.45) is 0 Å². The maximum Gasteiger partial charge on any atom is 0.293 e. The van der Waals surface area contributed by atoms with E-state index < -0.39 is 5.91 Å². The zero-order valence-electron chi connectivity index (χ0n) is 18.8. The van der Waals surface area contributed by atoms with E-state index in [0.29, 0.717) is 22.7 Å². The Hall–Kier alpha value is -4.19. The number of hydrogen-bond donors (Lipinski definition) is 3. The summed E-state index contributed by atoms with van der Waals surface area (Å²) < 4.78 is 10.6. The number of H-pyrrole nitrogens is 1. The third-order valence-electron chi connectivity index (χ3n) is 5.85. The Labute approximate surface area is 195 Å². The third-order valence-corrected chi connectivity index (χ3v) is 5.85. The number of nitrogens with zero attached hydrogens (tertiary/aromatic N) is 5. The molecule has 3 aromatic rings. The van der Waals surface area contributed by atoms with Crippen LogP contribution in [-0.2, 0) is 6.54 Å². The van der Waals surface area contributed by atoms with Crippen LogP contribution < -0.4 is 29.9 Å². The number of pyridine rings is 1. The Morgan fingerprint density at radius 1 is 1.15 bits per heavy atom. The molecule has 0 saturated carbocycles. The lowest BCUT2D eigenvalue weighted by atomic mass is 10.1. The average Bonchev–Trinajstić information content (AvgIpc) is 3.49. The predicted octanol–water partition coefficient (Wildman–Crippen LogP) is 1.04. The first-order chi connectivity index (χ1) is 16.6. The van der Waals surface area contributed by atoms with Gasteiger partial charge < -0.3 is 25.0 Å². The monoisotopic (exact) mass is 464 g/mol. The van der Waals surface area contributed by atoms with Crippen LogP contribution in [0.3, 0.4) is 0 Å². The van der Waals surface area contributed by atoms with Gasteiger partial charge in [0.25, 0.3) is 17.8 Å². The second kappa shape index (κ2) is 8.98. The van der Waals surface area contributed by atoms with Crippen molar-refractivity contribution in [2.75, 3.05) is 55.5 Å². The van der Waals surface area contributed by atoms with E-state index in [0.717, 1.165) is 37.4 Å². The second-order valence-electron chi connectivity index (χ2n) is 7.82. The first kappa shape index (κ1) is 21.6. The van der Waals surface area contributed by atoms with Crippen molar-refractivity contribution in [1.29, 1.82) is 0 Å². The quantitative estimate of drug-likeness (QED) is 0.488. The minimum Gasteiger partial charge on any atom is -0.493 e. The second-order valence-corrected chi connectivity index (χ2v) is 7.82. The van der Waals surface area contributed by atoms with Crippen LogP contribution in [0.2, 0.25) is 0 Å². The van der Waals surface area contributed by atoms with Crippen LogP contribution in [0.5, 0.6) is 11.5 Å². The number of amides is 2. The maximum atomic E-state index is 13.0. The van der Waals surface area contributed by atoms with Gasteiger partial charge in [-0.2, -0.15) is 4.98 Å². The van der Waals surface area contributed by atoms with Crippen molar-refractivity contribution < 1.29 is 19.1 Å². The van der Waals surface area contributed by atoms with E-state index in [9.17, 15) is 9.59 Å². The SMILES string of the molecule is COc1cc2c(cc1OC)C(=O)N(c1n[nH]c(C(=O)Nc3cnccc3N3CCNCC3)n1)C2. The van der Waals surface area contributed by atoms with Crippen molar-refractivity contribution in [3.8, 4) is 11.5 Å². The van der Waals surface area contributed by atoms with Crippen LogP contribution in [-0.4, -0.2) is 72.4 Å². The molecule has 0 radical (unpaired) electrons. The number of aromatic amines is 1. The van der Waals surface area contributed by atoms with E-state index in [1.807, 2.05) is 6.07 Å². The molecule has 2 aliphatic heterocycles. The summed E-state index contributed by atoms with van der Waals surface area (Å²) in [6.07, 6.45) is 3.30. The zero-order valence-corrected chi connectivity index (χ0v) is 18.8. The highest BCUT2D eigenvalue weighted by atomic mass is 16.5. The maximum absolute atomic E-state index is 13.0. The van der Waals surface area contributed by atoms with Gasteiger partial charge in [0.05, 0.1) is 38.3 Å². The molecular formula is C22H24N8O4. The van der Waals surface area contributed by atoms with E-state index in [2.05, 4.69) is 35.7 Å². The average molecular weight is 464 g/mol. The normalized spacial score (nSPS) is 15.3. The number of ether oxygens (including phenoxy) is 2.